The van der Waals surface area contributed by atoms with Crippen molar-refractivity contribution in [3.63, 3.8) is 0 Å². The second-order valence-electron chi connectivity index (χ2n) is 5.55. The van der Waals surface area contributed by atoms with Crippen molar-refractivity contribution in [1.29, 1.82) is 0 Å². The molecule has 0 spiro atoms. The second-order valence-corrected chi connectivity index (χ2v) is 5.55. The van der Waals surface area contributed by atoms with Crippen molar-refractivity contribution < 1.29 is 9.59 Å². The highest BCUT2D eigenvalue weighted by atomic mass is 16.2. The van der Waals surface area contributed by atoms with Crippen LogP contribution in [0.5, 0.6) is 0 Å². The summed E-state index contributed by atoms with van der Waals surface area (Å²) in [6.45, 7) is 8.37. The fourth-order valence-corrected chi connectivity index (χ4v) is 2.29. The molecule has 0 aromatic rings. The predicted molar refractivity (Wildman–Crippen MR) is 75.5 cm³/mol. The van der Waals surface area contributed by atoms with Crippen LogP contribution in [0.1, 0.15) is 40.0 Å². The van der Waals surface area contributed by atoms with Gasteiger partial charge >= 0.3 is 0 Å². The number of carbonyl (C=O) groups is 2. The molecule has 0 aromatic heterocycles. The SMILES string of the molecule is CCCCC(N)C(=O)N1CCN(C(=O)C(C)C)CC1. The zero-order valence-electron chi connectivity index (χ0n) is 12.4. The smallest absolute Gasteiger partial charge is 0.239 e. The van der Waals surface area contributed by atoms with Crippen molar-refractivity contribution in [2.45, 2.75) is 46.1 Å². The van der Waals surface area contributed by atoms with Gasteiger partial charge in [0.05, 0.1) is 6.04 Å². The van der Waals surface area contributed by atoms with Crippen molar-refractivity contribution in [3.05, 3.63) is 0 Å². The standard InChI is InChI=1S/C14H27N3O2/c1-4-5-6-12(15)14(19)17-9-7-16(8-10-17)13(18)11(2)3/h11-12H,4-10,15H2,1-3H3. The first-order chi connectivity index (χ1) is 8.97. The number of nitrogens with zero attached hydrogens (tertiary/aromatic N) is 2. The van der Waals surface area contributed by atoms with Gasteiger partial charge in [0.1, 0.15) is 0 Å². The van der Waals surface area contributed by atoms with Crippen molar-refractivity contribution in [3.8, 4) is 0 Å². The van der Waals surface area contributed by atoms with Gasteiger partial charge in [-0.15, -0.1) is 0 Å². The Balaban J connectivity index is 2.41. The number of amides is 2. The van der Waals surface area contributed by atoms with E-state index in [9.17, 15) is 9.59 Å². The molecule has 0 saturated carbocycles. The van der Waals surface area contributed by atoms with E-state index >= 15 is 0 Å². The summed E-state index contributed by atoms with van der Waals surface area (Å²) >= 11 is 0. The molecule has 1 fully saturated rings. The third-order valence-corrected chi connectivity index (χ3v) is 3.58. The Hall–Kier alpha value is -1.10. The third kappa shape index (κ3) is 4.49. The minimum atomic E-state index is -0.382. The third-order valence-electron chi connectivity index (χ3n) is 3.58. The van der Waals surface area contributed by atoms with E-state index < -0.39 is 0 Å². The molecule has 1 aliphatic rings. The molecule has 1 rings (SSSR count). The highest BCUT2D eigenvalue weighted by Crippen LogP contribution is 2.09. The van der Waals surface area contributed by atoms with Gasteiger partial charge in [-0.2, -0.15) is 0 Å². The molecule has 5 heteroatoms. The van der Waals surface area contributed by atoms with Crippen molar-refractivity contribution >= 4 is 11.8 Å². The van der Waals surface area contributed by atoms with Crippen LogP contribution in [0.3, 0.4) is 0 Å². The predicted octanol–water partition coefficient (Wildman–Crippen LogP) is 0.831. The molecular formula is C14H27N3O2. The topological polar surface area (TPSA) is 66.6 Å². The van der Waals surface area contributed by atoms with E-state index in [-0.39, 0.29) is 23.8 Å². The normalized spacial score (nSPS) is 17.7. The van der Waals surface area contributed by atoms with Gasteiger partial charge in [0.2, 0.25) is 11.8 Å². The fraction of sp³-hybridized carbons (Fsp3) is 0.857. The Bertz CT molecular complexity index is 310. The number of carbonyl (C=O) groups excluding carboxylic acids is 2. The molecule has 19 heavy (non-hydrogen) atoms. The first-order valence-electron chi connectivity index (χ1n) is 7.30. The van der Waals surface area contributed by atoms with Gasteiger partial charge in [0, 0.05) is 32.1 Å². The Morgan fingerprint density at radius 1 is 1.05 bits per heavy atom. The molecule has 0 aromatic carbocycles. The minimum Gasteiger partial charge on any atom is -0.339 e. The van der Waals surface area contributed by atoms with E-state index in [0.717, 1.165) is 19.3 Å². The Morgan fingerprint density at radius 3 is 1.95 bits per heavy atom. The number of hydrogen-bond acceptors (Lipinski definition) is 3. The largest absolute Gasteiger partial charge is 0.339 e. The zero-order chi connectivity index (χ0) is 14.4. The van der Waals surface area contributed by atoms with Crippen molar-refractivity contribution in [1.82, 2.24) is 9.80 Å². The summed E-state index contributed by atoms with van der Waals surface area (Å²) in [6.07, 6.45) is 2.79. The van der Waals surface area contributed by atoms with Gasteiger partial charge in [0.15, 0.2) is 0 Å². The molecule has 1 heterocycles. The van der Waals surface area contributed by atoms with E-state index in [0.29, 0.717) is 26.2 Å². The number of unbranched alkanes of at least 4 members (excludes halogenated alkanes) is 1. The van der Waals surface area contributed by atoms with Gasteiger partial charge in [-0.05, 0) is 6.42 Å². The van der Waals surface area contributed by atoms with Crippen LogP contribution >= 0.6 is 0 Å². The molecule has 0 radical (unpaired) electrons. The van der Waals surface area contributed by atoms with Gasteiger partial charge < -0.3 is 15.5 Å². The summed E-state index contributed by atoms with van der Waals surface area (Å²) < 4.78 is 0. The first kappa shape index (κ1) is 16.0. The Morgan fingerprint density at radius 2 is 1.53 bits per heavy atom. The van der Waals surface area contributed by atoms with E-state index in [1.165, 1.54) is 0 Å². The van der Waals surface area contributed by atoms with E-state index in [2.05, 4.69) is 6.92 Å². The highest BCUT2D eigenvalue weighted by Gasteiger charge is 2.27. The quantitative estimate of drug-likeness (QED) is 0.804. The van der Waals surface area contributed by atoms with Crippen LogP contribution in [0.2, 0.25) is 0 Å². The lowest BCUT2D eigenvalue weighted by atomic mass is 10.1. The molecule has 5 nitrogen and oxygen atoms in total. The Kier molecular flexibility index (Phi) is 6.28. The lowest BCUT2D eigenvalue weighted by Gasteiger charge is -2.36. The second kappa shape index (κ2) is 7.48. The van der Waals surface area contributed by atoms with Crippen LogP contribution < -0.4 is 5.73 Å². The molecule has 1 atom stereocenters. The molecule has 0 bridgehead atoms. The van der Waals surface area contributed by atoms with Crippen LogP contribution in [0.15, 0.2) is 0 Å². The molecule has 1 unspecified atom stereocenters. The van der Waals surface area contributed by atoms with Gasteiger partial charge in [0.25, 0.3) is 0 Å². The molecule has 110 valence electrons. The molecule has 1 aliphatic heterocycles. The maximum Gasteiger partial charge on any atom is 0.239 e. The van der Waals surface area contributed by atoms with Gasteiger partial charge in [-0.25, -0.2) is 0 Å². The average molecular weight is 269 g/mol. The van der Waals surface area contributed by atoms with Crippen LogP contribution in [-0.2, 0) is 9.59 Å². The van der Waals surface area contributed by atoms with Crippen LogP contribution in [0.4, 0.5) is 0 Å². The monoisotopic (exact) mass is 269 g/mol. The lowest BCUT2D eigenvalue weighted by Crippen LogP contribution is -2.54. The maximum atomic E-state index is 12.1. The van der Waals surface area contributed by atoms with E-state index in [1.807, 2.05) is 18.7 Å². The van der Waals surface area contributed by atoms with Crippen molar-refractivity contribution in [2.75, 3.05) is 26.2 Å². The highest BCUT2D eigenvalue weighted by molar-refractivity contribution is 5.82. The summed E-state index contributed by atoms with van der Waals surface area (Å²) in [5.41, 5.74) is 5.91. The number of rotatable bonds is 5. The van der Waals surface area contributed by atoms with Gasteiger partial charge in [-0.1, -0.05) is 33.6 Å². The lowest BCUT2D eigenvalue weighted by molar-refractivity contribution is -0.142. The summed E-state index contributed by atoms with van der Waals surface area (Å²) in [7, 11) is 0. The average Bonchev–Trinajstić information content (AvgIpc) is 2.43. The van der Waals surface area contributed by atoms with E-state index in [1.54, 1.807) is 4.90 Å². The zero-order valence-corrected chi connectivity index (χ0v) is 12.4. The van der Waals surface area contributed by atoms with Crippen molar-refractivity contribution in [2.24, 2.45) is 11.7 Å². The van der Waals surface area contributed by atoms with Crippen LogP contribution in [-0.4, -0.2) is 53.8 Å². The number of nitrogens with two attached hydrogens (primary N) is 1. The van der Waals surface area contributed by atoms with Gasteiger partial charge in [-0.3, -0.25) is 9.59 Å². The fourth-order valence-electron chi connectivity index (χ4n) is 2.29. The van der Waals surface area contributed by atoms with Crippen LogP contribution in [0, 0.1) is 5.92 Å². The number of piperazine rings is 1. The number of hydrogen-bond donors (Lipinski definition) is 1. The molecular weight excluding hydrogens is 242 g/mol. The Labute approximate surface area is 116 Å². The van der Waals surface area contributed by atoms with Crippen LogP contribution in [0.25, 0.3) is 0 Å². The van der Waals surface area contributed by atoms with E-state index in [4.69, 9.17) is 5.73 Å². The summed E-state index contributed by atoms with van der Waals surface area (Å²) in [5.74, 6) is 0.224. The maximum absolute atomic E-state index is 12.1. The molecule has 2 N–H and O–H groups in total. The summed E-state index contributed by atoms with van der Waals surface area (Å²) in [4.78, 5) is 27.6. The summed E-state index contributed by atoms with van der Waals surface area (Å²) in [6, 6.07) is -0.382. The first-order valence-corrected chi connectivity index (χ1v) is 7.30. The molecule has 1 saturated heterocycles. The molecule has 0 aliphatic carbocycles. The minimum absolute atomic E-state index is 0.0223. The summed E-state index contributed by atoms with van der Waals surface area (Å²) in [5, 5.41) is 0. The molecule has 2 amide bonds.